The fraction of sp³-hybridized carbons (Fsp3) is 0.619. The average molecular weight is 374 g/mol. The minimum atomic E-state index is 0.0358. The molecular formula is C21H35N5O. The summed E-state index contributed by atoms with van der Waals surface area (Å²) in [5.74, 6) is 0.865. The normalized spacial score (nSPS) is 15.2. The van der Waals surface area contributed by atoms with Gasteiger partial charge in [-0.3, -0.25) is 9.79 Å². The Kier molecular flexibility index (Phi) is 8.58. The van der Waals surface area contributed by atoms with Crippen molar-refractivity contribution in [1.82, 2.24) is 20.4 Å². The van der Waals surface area contributed by atoms with Gasteiger partial charge in [0.15, 0.2) is 5.96 Å². The Morgan fingerprint density at radius 2 is 1.85 bits per heavy atom. The van der Waals surface area contributed by atoms with E-state index in [-0.39, 0.29) is 5.91 Å². The Bertz CT molecular complexity index is 623. The summed E-state index contributed by atoms with van der Waals surface area (Å²) < 4.78 is 0. The van der Waals surface area contributed by atoms with Gasteiger partial charge in [0.25, 0.3) is 5.91 Å². The number of aliphatic imine (C=N–C) groups is 1. The second kappa shape index (κ2) is 10.9. The van der Waals surface area contributed by atoms with E-state index in [4.69, 9.17) is 0 Å². The molecule has 0 heterocycles. The van der Waals surface area contributed by atoms with Crippen LogP contribution in [0.4, 0.5) is 0 Å². The summed E-state index contributed by atoms with van der Waals surface area (Å²) in [7, 11) is 7.56. The van der Waals surface area contributed by atoms with Gasteiger partial charge in [-0.25, -0.2) is 0 Å². The van der Waals surface area contributed by atoms with Crippen LogP contribution in [-0.2, 0) is 6.42 Å². The van der Waals surface area contributed by atoms with Gasteiger partial charge in [-0.1, -0.05) is 25.0 Å². The van der Waals surface area contributed by atoms with Crippen molar-refractivity contribution in [2.75, 3.05) is 47.8 Å². The third-order valence-electron chi connectivity index (χ3n) is 5.21. The predicted molar refractivity (Wildman–Crippen MR) is 112 cm³/mol. The first-order valence-corrected chi connectivity index (χ1v) is 9.96. The molecule has 150 valence electrons. The second-order valence-corrected chi connectivity index (χ2v) is 7.49. The molecule has 0 bridgehead atoms. The molecule has 2 N–H and O–H groups in total. The number of carbonyl (C=O) groups excluding carboxylic acids is 1. The minimum absolute atomic E-state index is 0.0358. The summed E-state index contributed by atoms with van der Waals surface area (Å²) in [5, 5.41) is 6.75. The average Bonchev–Trinajstić information content (AvgIpc) is 3.21. The number of likely N-dealkylation sites (N-methyl/N-ethyl adjacent to an activating group) is 1. The van der Waals surface area contributed by atoms with E-state index >= 15 is 0 Å². The van der Waals surface area contributed by atoms with Crippen LogP contribution < -0.4 is 10.6 Å². The van der Waals surface area contributed by atoms with Crippen LogP contribution in [0.25, 0.3) is 0 Å². The quantitative estimate of drug-likeness (QED) is 0.540. The first-order chi connectivity index (χ1) is 13.0. The number of hydrogen-bond acceptors (Lipinski definition) is 3. The summed E-state index contributed by atoms with van der Waals surface area (Å²) in [4.78, 5) is 20.4. The van der Waals surface area contributed by atoms with Crippen molar-refractivity contribution in [3.8, 4) is 0 Å². The number of carbonyl (C=O) groups is 1. The van der Waals surface area contributed by atoms with Crippen LogP contribution in [0.2, 0.25) is 0 Å². The van der Waals surface area contributed by atoms with Gasteiger partial charge in [0.2, 0.25) is 0 Å². The first-order valence-electron chi connectivity index (χ1n) is 9.96. The molecule has 0 aromatic heterocycles. The Morgan fingerprint density at radius 3 is 2.52 bits per heavy atom. The van der Waals surface area contributed by atoms with E-state index in [9.17, 15) is 4.79 Å². The van der Waals surface area contributed by atoms with Crippen molar-refractivity contribution >= 4 is 11.9 Å². The Balaban J connectivity index is 1.71. The number of benzene rings is 1. The second-order valence-electron chi connectivity index (χ2n) is 7.49. The molecule has 0 spiro atoms. The fourth-order valence-corrected chi connectivity index (χ4v) is 3.54. The summed E-state index contributed by atoms with van der Waals surface area (Å²) in [6, 6.07) is 8.58. The molecule has 1 fully saturated rings. The molecule has 0 saturated heterocycles. The van der Waals surface area contributed by atoms with Gasteiger partial charge in [-0.15, -0.1) is 0 Å². The van der Waals surface area contributed by atoms with Crippen molar-refractivity contribution in [3.63, 3.8) is 0 Å². The van der Waals surface area contributed by atoms with E-state index in [0.717, 1.165) is 49.2 Å². The van der Waals surface area contributed by atoms with Gasteiger partial charge in [0.05, 0.1) is 0 Å². The molecule has 6 nitrogen and oxygen atoms in total. The van der Waals surface area contributed by atoms with Gasteiger partial charge in [-0.05, 0) is 44.0 Å². The number of amides is 1. The minimum Gasteiger partial charge on any atom is -0.356 e. The molecule has 1 aromatic carbocycles. The van der Waals surface area contributed by atoms with Crippen LogP contribution in [0.3, 0.4) is 0 Å². The molecule has 1 aromatic rings. The molecule has 1 aliphatic carbocycles. The monoisotopic (exact) mass is 373 g/mol. The standard InChI is InChI=1S/C21H35N5O/c1-22-21(24-14-15-26(4)19-10-5-6-11-19)23-13-12-17-8-7-9-18(16-17)20(27)25(2)3/h7-9,16,19H,5-6,10-15H2,1-4H3,(H2,22,23,24). The zero-order chi connectivity index (χ0) is 19.6. The zero-order valence-electron chi connectivity index (χ0n) is 17.3. The van der Waals surface area contributed by atoms with Crippen molar-refractivity contribution in [1.29, 1.82) is 0 Å². The van der Waals surface area contributed by atoms with E-state index in [1.165, 1.54) is 25.7 Å². The highest BCUT2D eigenvalue weighted by Crippen LogP contribution is 2.21. The zero-order valence-corrected chi connectivity index (χ0v) is 17.3. The molecule has 2 rings (SSSR count). The molecule has 1 saturated carbocycles. The van der Waals surface area contributed by atoms with Gasteiger partial charge in [-0.2, -0.15) is 0 Å². The van der Waals surface area contributed by atoms with Crippen LogP contribution in [-0.4, -0.2) is 75.5 Å². The Morgan fingerprint density at radius 1 is 1.15 bits per heavy atom. The van der Waals surface area contributed by atoms with Crippen molar-refractivity contribution in [2.24, 2.45) is 4.99 Å². The summed E-state index contributed by atoms with van der Waals surface area (Å²) in [6.07, 6.45) is 6.24. The van der Waals surface area contributed by atoms with E-state index in [0.29, 0.717) is 0 Å². The number of nitrogens with one attached hydrogen (secondary N) is 2. The van der Waals surface area contributed by atoms with Crippen molar-refractivity contribution < 1.29 is 4.79 Å². The van der Waals surface area contributed by atoms with Gasteiger partial charge < -0.3 is 20.4 Å². The topological polar surface area (TPSA) is 60.0 Å². The lowest BCUT2D eigenvalue weighted by Crippen LogP contribution is -2.43. The van der Waals surface area contributed by atoms with Gasteiger partial charge >= 0.3 is 0 Å². The molecule has 6 heteroatoms. The first kappa shape index (κ1) is 21.2. The maximum atomic E-state index is 12.1. The van der Waals surface area contributed by atoms with E-state index in [1.54, 1.807) is 26.0 Å². The highest BCUT2D eigenvalue weighted by atomic mass is 16.2. The number of rotatable bonds is 8. The predicted octanol–water partition coefficient (Wildman–Crippen LogP) is 1.97. The van der Waals surface area contributed by atoms with Gasteiger partial charge in [0, 0.05) is 52.4 Å². The highest BCUT2D eigenvalue weighted by Gasteiger charge is 2.18. The molecule has 1 aliphatic rings. The lowest BCUT2D eigenvalue weighted by Gasteiger charge is -2.24. The molecular weight excluding hydrogens is 338 g/mol. The van der Waals surface area contributed by atoms with E-state index < -0.39 is 0 Å². The molecule has 1 amide bonds. The van der Waals surface area contributed by atoms with Crippen LogP contribution in [0.5, 0.6) is 0 Å². The maximum Gasteiger partial charge on any atom is 0.253 e. The van der Waals surface area contributed by atoms with Crippen LogP contribution in [0.1, 0.15) is 41.6 Å². The molecule has 27 heavy (non-hydrogen) atoms. The van der Waals surface area contributed by atoms with Crippen LogP contribution >= 0.6 is 0 Å². The SMILES string of the molecule is CN=C(NCCc1cccc(C(=O)N(C)C)c1)NCCN(C)C1CCCC1. The van der Waals surface area contributed by atoms with Crippen molar-refractivity contribution in [2.45, 2.75) is 38.1 Å². The summed E-state index contributed by atoms with van der Waals surface area (Å²) in [6.45, 7) is 2.69. The van der Waals surface area contributed by atoms with E-state index in [1.807, 2.05) is 18.2 Å². The maximum absolute atomic E-state index is 12.1. The third-order valence-corrected chi connectivity index (χ3v) is 5.21. The lowest BCUT2D eigenvalue weighted by molar-refractivity contribution is 0.0827. The number of guanidine groups is 1. The number of nitrogens with zero attached hydrogens (tertiary/aromatic N) is 3. The highest BCUT2D eigenvalue weighted by molar-refractivity contribution is 5.94. The third kappa shape index (κ3) is 6.86. The fourth-order valence-electron chi connectivity index (χ4n) is 3.54. The smallest absolute Gasteiger partial charge is 0.253 e. The van der Waals surface area contributed by atoms with Crippen molar-refractivity contribution in [3.05, 3.63) is 35.4 Å². The largest absolute Gasteiger partial charge is 0.356 e. The van der Waals surface area contributed by atoms with Gasteiger partial charge in [0.1, 0.15) is 0 Å². The summed E-state index contributed by atoms with van der Waals surface area (Å²) >= 11 is 0. The summed E-state index contributed by atoms with van der Waals surface area (Å²) in [5.41, 5.74) is 1.88. The Hall–Kier alpha value is -2.08. The van der Waals surface area contributed by atoms with Crippen LogP contribution in [0, 0.1) is 0 Å². The van der Waals surface area contributed by atoms with Crippen LogP contribution in [0.15, 0.2) is 29.3 Å². The number of hydrogen-bond donors (Lipinski definition) is 2. The molecule has 0 unspecified atom stereocenters. The van der Waals surface area contributed by atoms with E-state index in [2.05, 4.69) is 33.6 Å². The molecule has 0 aliphatic heterocycles. The Labute approximate surface area is 164 Å². The molecule has 0 atom stereocenters. The lowest BCUT2D eigenvalue weighted by atomic mass is 10.1. The molecule has 0 radical (unpaired) electrons.